The Morgan fingerprint density at radius 2 is 1.93 bits per heavy atom. The number of guanidine groups is 1. The maximum absolute atomic E-state index is 13.2. The van der Waals surface area contributed by atoms with E-state index in [0.717, 1.165) is 10.9 Å². The summed E-state index contributed by atoms with van der Waals surface area (Å²) in [6, 6.07) is 2.86. The molecule has 1 aliphatic heterocycles. The quantitative estimate of drug-likeness (QED) is 0.0810. The van der Waals surface area contributed by atoms with Crippen LogP contribution in [-0.4, -0.2) is 93.1 Å². The molecule has 2 aromatic rings. The van der Waals surface area contributed by atoms with E-state index >= 15 is 0 Å². The first kappa shape index (κ1) is 30.4. The Morgan fingerprint density at radius 3 is 2.60 bits per heavy atom. The molecule has 5 unspecified atom stereocenters. The van der Waals surface area contributed by atoms with Crippen LogP contribution in [0, 0.1) is 0 Å². The highest BCUT2D eigenvalue weighted by Gasteiger charge is 2.38. The minimum atomic E-state index is -1.44. The summed E-state index contributed by atoms with van der Waals surface area (Å²) >= 11 is 0. The van der Waals surface area contributed by atoms with Gasteiger partial charge < -0.3 is 47.9 Å². The number of benzene rings is 1. The first-order valence-corrected chi connectivity index (χ1v) is 13.2. The number of nitrogens with zero attached hydrogens (tertiary/aromatic N) is 2. The summed E-state index contributed by atoms with van der Waals surface area (Å²) in [6.45, 7) is 1.94. The van der Waals surface area contributed by atoms with Crippen LogP contribution in [0.1, 0.15) is 38.2 Å². The fraction of sp³-hybridized carbons (Fsp3) is 0.500. The van der Waals surface area contributed by atoms with Gasteiger partial charge >= 0.3 is 5.97 Å². The average Bonchev–Trinajstić information content (AvgIpc) is 3.56. The molecule has 1 aliphatic rings. The van der Waals surface area contributed by atoms with Gasteiger partial charge in [-0.15, -0.1) is 0 Å². The molecule has 0 saturated carbocycles. The van der Waals surface area contributed by atoms with E-state index in [1.165, 1.54) is 11.8 Å². The third-order valence-electron chi connectivity index (χ3n) is 6.90. The maximum Gasteiger partial charge on any atom is 0.326 e. The highest BCUT2D eigenvalue weighted by molar-refractivity contribution is 5.95. The number of aliphatic hydroxyl groups is 1. The zero-order valence-electron chi connectivity index (χ0n) is 22.4. The number of hydrogen-bond donors (Lipinski definition) is 8. The molecule has 5 atom stereocenters. The first-order chi connectivity index (χ1) is 19.0. The average molecular weight is 559 g/mol. The van der Waals surface area contributed by atoms with Crippen LogP contribution < -0.4 is 27.8 Å². The SMILES string of the molecule is CC(O)C(NC(=O)C1CCCN1C(=O)C(N)CCCN=C(N)N)C(=O)NC(Cc1c[nH]c2ccccc12)C(=O)O. The number of amides is 3. The summed E-state index contributed by atoms with van der Waals surface area (Å²) in [7, 11) is 0. The lowest BCUT2D eigenvalue weighted by Crippen LogP contribution is -2.59. The van der Waals surface area contributed by atoms with Crippen LogP contribution >= 0.6 is 0 Å². The number of nitrogens with two attached hydrogens (primary N) is 3. The smallest absolute Gasteiger partial charge is 0.326 e. The fourth-order valence-corrected chi connectivity index (χ4v) is 4.80. The Morgan fingerprint density at radius 1 is 1.20 bits per heavy atom. The third kappa shape index (κ3) is 7.70. The molecule has 3 amide bonds. The van der Waals surface area contributed by atoms with Gasteiger partial charge in [0.1, 0.15) is 18.1 Å². The monoisotopic (exact) mass is 558 g/mol. The molecule has 14 nitrogen and oxygen atoms in total. The number of carboxylic acid groups (broad SMARTS) is 1. The Hall–Kier alpha value is -4.17. The van der Waals surface area contributed by atoms with Crippen LogP contribution in [0.5, 0.6) is 0 Å². The largest absolute Gasteiger partial charge is 0.480 e. The second-order valence-electron chi connectivity index (χ2n) is 9.93. The zero-order chi connectivity index (χ0) is 29.4. The van der Waals surface area contributed by atoms with Gasteiger partial charge in [0, 0.05) is 36.6 Å². The van der Waals surface area contributed by atoms with Gasteiger partial charge in [0.2, 0.25) is 17.7 Å². The van der Waals surface area contributed by atoms with Crippen molar-refractivity contribution in [2.24, 2.45) is 22.2 Å². The number of aromatic nitrogens is 1. The lowest BCUT2D eigenvalue weighted by atomic mass is 10.0. The van der Waals surface area contributed by atoms with Gasteiger partial charge in [-0.1, -0.05) is 18.2 Å². The predicted octanol–water partition coefficient (Wildman–Crippen LogP) is -1.48. The van der Waals surface area contributed by atoms with E-state index in [-0.39, 0.29) is 12.4 Å². The lowest BCUT2D eigenvalue weighted by molar-refractivity contribution is -0.144. The molecule has 1 aromatic carbocycles. The van der Waals surface area contributed by atoms with Crippen molar-refractivity contribution in [3.63, 3.8) is 0 Å². The van der Waals surface area contributed by atoms with Crippen molar-refractivity contribution in [1.82, 2.24) is 20.5 Å². The second kappa shape index (κ2) is 13.8. The number of rotatable bonds is 13. The number of carboxylic acids is 1. The summed E-state index contributed by atoms with van der Waals surface area (Å²) in [6.07, 6.45) is 2.02. The minimum absolute atomic E-state index is 0.0163. The zero-order valence-corrected chi connectivity index (χ0v) is 22.4. The summed E-state index contributed by atoms with van der Waals surface area (Å²) in [5, 5.41) is 25.8. The molecule has 0 spiro atoms. The minimum Gasteiger partial charge on any atom is -0.480 e. The summed E-state index contributed by atoms with van der Waals surface area (Å²) < 4.78 is 0. The Bertz CT molecular complexity index is 1240. The van der Waals surface area contributed by atoms with Crippen LogP contribution in [0.3, 0.4) is 0 Å². The maximum atomic E-state index is 13.2. The van der Waals surface area contributed by atoms with E-state index in [9.17, 15) is 29.4 Å². The standard InChI is InChI=1S/C26H38N8O6/c1-14(35)21(23(37)32-19(25(39)40)12-15-13-31-18-8-3-2-6-16(15)18)33-22(36)20-9-5-11-34(20)24(38)17(27)7-4-10-30-26(28)29/h2-3,6,8,13-14,17,19-21,31,35H,4-5,7,9-12,27H2,1H3,(H,32,37)(H,33,36)(H,39,40)(H4,28,29,30). The van der Waals surface area contributed by atoms with Gasteiger partial charge in [0.15, 0.2) is 5.96 Å². The number of carbonyl (C=O) groups is 4. The van der Waals surface area contributed by atoms with Crippen LogP contribution in [0.2, 0.25) is 0 Å². The first-order valence-electron chi connectivity index (χ1n) is 13.2. The Labute approximate surface area is 231 Å². The molecule has 3 rings (SSSR count). The molecule has 0 bridgehead atoms. The van der Waals surface area contributed by atoms with Gasteiger partial charge in [-0.2, -0.15) is 0 Å². The van der Waals surface area contributed by atoms with E-state index < -0.39 is 54.0 Å². The van der Waals surface area contributed by atoms with Crippen LogP contribution in [-0.2, 0) is 25.6 Å². The molecule has 1 aromatic heterocycles. The number of aliphatic carboxylic acids is 1. The number of carbonyl (C=O) groups excluding carboxylic acids is 3. The van der Waals surface area contributed by atoms with Crippen molar-refractivity contribution < 1.29 is 29.4 Å². The molecule has 14 heteroatoms. The molecule has 1 saturated heterocycles. The van der Waals surface area contributed by atoms with Gasteiger partial charge in [-0.25, -0.2) is 4.79 Å². The molecule has 11 N–H and O–H groups in total. The number of H-pyrrole nitrogens is 1. The van der Waals surface area contributed by atoms with Crippen LogP contribution in [0.4, 0.5) is 0 Å². The lowest BCUT2D eigenvalue weighted by Gasteiger charge is -2.29. The van der Waals surface area contributed by atoms with E-state index in [4.69, 9.17) is 17.2 Å². The highest BCUT2D eigenvalue weighted by Crippen LogP contribution is 2.21. The fourth-order valence-electron chi connectivity index (χ4n) is 4.80. The van der Waals surface area contributed by atoms with E-state index in [1.54, 1.807) is 6.20 Å². The number of hydrogen-bond acceptors (Lipinski definition) is 7. The summed E-state index contributed by atoms with van der Waals surface area (Å²) in [4.78, 5) is 59.4. The van der Waals surface area contributed by atoms with Crippen molar-refractivity contribution in [2.45, 2.75) is 69.3 Å². The summed E-state index contributed by atoms with van der Waals surface area (Å²) in [5.41, 5.74) is 18.2. The van der Waals surface area contributed by atoms with Gasteiger partial charge in [-0.05, 0) is 44.2 Å². The van der Waals surface area contributed by atoms with Gasteiger partial charge in [-0.3, -0.25) is 19.4 Å². The van der Waals surface area contributed by atoms with Crippen molar-refractivity contribution >= 4 is 40.6 Å². The molecule has 40 heavy (non-hydrogen) atoms. The molecule has 0 aliphatic carbocycles. The van der Waals surface area contributed by atoms with Crippen LogP contribution in [0.25, 0.3) is 10.9 Å². The third-order valence-corrected chi connectivity index (χ3v) is 6.90. The van der Waals surface area contributed by atoms with E-state index in [2.05, 4.69) is 20.6 Å². The van der Waals surface area contributed by atoms with Crippen molar-refractivity contribution in [3.8, 4) is 0 Å². The predicted molar refractivity (Wildman–Crippen MR) is 148 cm³/mol. The van der Waals surface area contributed by atoms with Gasteiger partial charge in [0.25, 0.3) is 0 Å². The molecule has 0 radical (unpaired) electrons. The normalized spacial score (nSPS) is 18.0. The number of fused-ring (bicyclic) bond motifs is 1. The number of aliphatic imine (C=N–C) groups is 1. The number of nitrogens with one attached hydrogen (secondary N) is 3. The van der Waals surface area contributed by atoms with Crippen molar-refractivity contribution in [3.05, 3.63) is 36.0 Å². The van der Waals surface area contributed by atoms with Crippen molar-refractivity contribution in [1.29, 1.82) is 0 Å². The number of para-hydroxylation sites is 1. The Kier molecular flexibility index (Phi) is 10.4. The molecule has 218 valence electrons. The van der Waals surface area contributed by atoms with E-state index in [1.807, 2.05) is 24.3 Å². The summed E-state index contributed by atoms with van der Waals surface area (Å²) in [5.74, 6) is -3.23. The Balaban J connectivity index is 1.64. The van der Waals surface area contributed by atoms with Crippen molar-refractivity contribution in [2.75, 3.05) is 13.1 Å². The van der Waals surface area contributed by atoms with Gasteiger partial charge in [0.05, 0.1) is 12.1 Å². The number of aromatic amines is 1. The second-order valence-corrected chi connectivity index (χ2v) is 9.93. The topological polar surface area (TPSA) is 242 Å². The van der Waals surface area contributed by atoms with E-state index in [0.29, 0.717) is 44.3 Å². The molecular formula is C26H38N8O6. The molecule has 2 heterocycles. The van der Waals surface area contributed by atoms with Crippen LogP contribution in [0.15, 0.2) is 35.5 Å². The number of likely N-dealkylation sites (tertiary alicyclic amines) is 1. The highest BCUT2D eigenvalue weighted by atomic mass is 16.4. The molecule has 1 fully saturated rings. The molecular weight excluding hydrogens is 520 g/mol. The number of aliphatic hydroxyl groups excluding tert-OH is 1.